The number of nitriles is 1. The van der Waals surface area contributed by atoms with Gasteiger partial charge in [0.1, 0.15) is 0 Å². The zero-order valence-corrected chi connectivity index (χ0v) is 6.06. The second kappa shape index (κ2) is 1.96. The van der Waals surface area contributed by atoms with Gasteiger partial charge in [-0.15, -0.1) is 0 Å². The van der Waals surface area contributed by atoms with Crippen LogP contribution < -0.4 is 5.32 Å². The second-order valence-electron chi connectivity index (χ2n) is 3.50. The molecule has 1 spiro atoms. The summed E-state index contributed by atoms with van der Waals surface area (Å²) >= 11 is 0. The molecule has 0 radical (unpaired) electrons. The monoisotopic (exact) mass is 136 g/mol. The highest BCUT2D eigenvalue weighted by Crippen LogP contribution is 2.57. The van der Waals surface area contributed by atoms with E-state index in [1.54, 1.807) is 0 Å². The third kappa shape index (κ3) is 0.741. The van der Waals surface area contributed by atoms with Crippen molar-refractivity contribution in [3.8, 4) is 6.07 Å². The Kier molecular flexibility index (Phi) is 1.21. The number of nitrogens with one attached hydrogen (secondary N) is 1. The Labute approximate surface area is 61.2 Å². The van der Waals surface area contributed by atoms with E-state index in [2.05, 4.69) is 11.4 Å². The van der Waals surface area contributed by atoms with E-state index >= 15 is 0 Å². The molecule has 1 aliphatic heterocycles. The fourth-order valence-electron chi connectivity index (χ4n) is 2.01. The molecule has 1 N–H and O–H groups in total. The molecule has 1 aliphatic carbocycles. The summed E-state index contributed by atoms with van der Waals surface area (Å²) in [6, 6.07) is 2.37. The molecule has 0 aromatic heterocycles. The van der Waals surface area contributed by atoms with Gasteiger partial charge in [-0.05, 0) is 37.8 Å². The van der Waals surface area contributed by atoms with E-state index in [0.29, 0.717) is 11.3 Å². The fraction of sp³-hybridized carbons (Fsp3) is 0.875. The lowest BCUT2D eigenvalue weighted by molar-refractivity contribution is 0.338. The van der Waals surface area contributed by atoms with Gasteiger partial charge in [0.15, 0.2) is 0 Å². The van der Waals surface area contributed by atoms with Crippen LogP contribution in [0.15, 0.2) is 0 Å². The lowest BCUT2D eigenvalue weighted by atomic mass is 9.92. The summed E-state index contributed by atoms with van der Waals surface area (Å²) < 4.78 is 0. The highest BCUT2D eigenvalue weighted by Gasteiger charge is 2.54. The summed E-state index contributed by atoms with van der Waals surface area (Å²) in [7, 11) is 0. The highest BCUT2D eigenvalue weighted by atomic mass is 14.9. The first-order chi connectivity index (χ1) is 4.87. The molecule has 54 valence electrons. The molecule has 0 amide bonds. The minimum atomic E-state index is 0.398. The van der Waals surface area contributed by atoms with E-state index in [4.69, 9.17) is 5.26 Å². The van der Waals surface area contributed by atoms with Crippen LogP contribution in [0.1, 0.15) is 19.3 Å². The van der Waals surface area contributed by atoms with Gasteiger partial charge in [0.2, 0.25) is 0 Å². The summed E-state index contributed by atoms with van der Waals surface area (Å²) in [4.78, 5) is 0. The van der Waals surface area contributed by atoms with Gasteiger partial charge < -0.3 is 5.32 Å². The van der Waals surface area contributed by atoms with Crippen LogP contribution in [0.4, 0.5) is 0 Å². The first kappa shape index (κ1) is 6.18. The van der Waals surface area contributed by atoms with E-state index in [1.165, 1.54) is 19.3 Å². The fourth-order valence-corrected chi connectivity index (χ4v) is 2.01. The van der Waals surface area contributed by atoms with Crippen molar-refractivity contribution < 1.29 is 0 Å². The third-order valence-electron chi connectivity index (χ3n) is 2.94. The molecule has 10 heavy (non-hydrogen) atoms. The summed E-state index contributed by atoms with van der Waals surface area (Å²) in [5.41, 5.74) is 0.472. The lowest BCUT2D eigenvalue weighted by Gasteiger charge is -2.21. The number of rotatable bonds is 0. The first-order valence-electron chi connectivity index (χ1n) is 3.98. The van der Waals surface area contributed by atoms with Crippen LogP contribution in [-0.2, 0) is 0 Å². The lowest BCUT2D eigenvalue weighted by Crippen LogP contribution is -2.29. The maximum atomic E-state index is 8.65. The van der Waals surface area contributed by atoms with Gasteiger partial charge in [-0.2, -0.15) is 5.26 Å². The summed E-state index contributed by atoms with van der Waals surface area (Å²) in [6.07, 6.45) is 3.63. The first-order valence-corrected chi connectivity index (χ1v) is 3.98. The van der Waals surface area contributed by atoms with Crippen molar-refractivity contribution >= 4 is 0 Å². The van der Waals surface area contributed by atoms with Gasteiger partial charge in [0.25, 0.3) is 0 Å². The number of piperidine rings is 1. The quantitative estimate of drug-likeness (QED) is 0.537. The zero-order valence-electron chi connectivity index (χ0n) is 6.06. The molecular weight excluding hydrogens is 124 g/mol. The number of nitrogens with zero attached hydrogens (tertiary/aromatic N) is 1. The van der Waals surface area contributed by atoms with E-state index < -0.39 is 0 Å². The molecule has 2 rings (SSSR count). The van der Waals surface area contributed by atoms with Crippen molar-refractivity contribution in [2.24, 2.45) is 11.3 Å². The Morgan fingerprint density at radius 2 is 2.10 bits per heavy atom. The van der Waals surface area contributed by atoms with Crippen molar-refractivity contribution in [1.82, 2.24) is 5.32 Å². The molecule has 2 heteroatoms. The minimum absolute atomic E-state index is 0.398. The van der Waals surface area contributed by atoms with Crippen molar-refractivity contribution in [2.75, 3.05) is 13.1 Å². The molecule has 2 aliphatic rings. The molecule has 0 unspecified atom stereocenters. The molecular formula is C8H12N2. The predicted molar refractivity (Wildman–Crippen MR) is 38.3 cm³/mol. The Bertz CT molecular complexity index is 174. The molecule has 0 aromatic carbocycles. The van der Waals surface area contributed by atoms with E-state index in [1.807, 2.05) is 0 Å². The molecule has 2 nitrogen and oxygen atoms in total. The van der Waals surface area contributed by atoms with Crippen molar-refractivity contribution in [3.63, 3.8) is 0 Å². The average molecular weight is 136 g/mol. The topological polar surface area (TPSA) is 35.8 Å². The zero-order chi connectivity index (χ0) is 7.03. The van der Waals surface area contributed by atoms with Crippen LogP contribution in [0, 0.1) is 22.7 Å². The molecule has 0 aromatic rings. The summed E-state index contributed by atoms with van der Waals surface area (Å²) in [5, 5.41) is 12.0. The van der Waals surface area contributed by atoms with Gasteiger partial charge >= 0.3 is 0 Å². The molecule has 2 fully saturated rings. The molecule has 0 bridgehead atoms. The van der Waals surface area contributed by atoms with E-state index in [0.717, 1.165) is 13.1 Å². The van der Waals surface area contributed by atoms with Crippen LogP contribution in [0.2, 0.25) is 0 Å². The second-order valence-corrected chi connectivity index (χ2v) is 3.50. The van der Waals surface area contributed by atoms with Gasteiger partial charge in [-0.3, -0.25) is 0 Å². The van der Waals surface area contributed by atoms with Crippen LogP contribution in [0.25, 0.3) is 0 Å². The van der Waals surface area contributed by atoms with Crippen LogP contribution in [-0.4, -0.2) is 13.1 Å². The van der Waals surface area contributed by atoms with Crippen molar-refractivity contribution in [2.45, 2.75) is 19.3 Å². The highest BCUT2D eigenvalue weighted by molar-refractivity contribution is 5.13. The van der Waals surface area contributed by atoms with Gasteiger partial charge in [0, 0.05) is 0 Å². The largest absolute Gasteiger partial charge is 0.317 e. The summed E-state index contributed by atoms with van der Waals surface area (Å²) in [5.74, 6) is 0.398. The average Bonchev–Trinajstić information content (AvgIpc) is 2.65. The van der Waals surface area contributed by atoms with Crippen LogP contribution >= 0.6 is 0 Å². The van der Waals surface area contributed by atoms with E-state index in [9.17, 15) is 0 Å². The van der Waals surface area contributed by atoms with Crippen LogP contribution in [0.3, 0.4) is 0 Å². The SMILES string of the molecule is N#C[C@@H]1CC12CCNCC2. The maximum absolute atomic E-state index is 8.65. The molecule has 1 atom stereocenters. The Morgan fingerprint density at radius 1 is 1.40 bits per heavy atom. The molecule has 1 heterocycles. The minimum Gasteiger partial charge on any atom is -0.317 e. The van der Waals surface area contributed by atoms with E-state index in [-0.39, 0.29) is 0 Å². The van der Waals surface area contributed by atoms with Crippen molar-refractivity contribution in [1.29, 1.82) is 5.26 Å². The third-order valence-corrected chi connectivity index (χ3v) is 2.94. The Morgan fingerprint density at radius 3 is 2.60 bits per heavy atom. The smallest absolute Gasteiger partial charge is 0.0661 e. The molecule has 1 saturated carbocycles. The van der Waals surface area contributed by atoms with Gasteiger partial charge in [-0.1, -0.05) is 0 Å². The van der Waals surface area contributed by atoms with Crippen LogP contribution in [0.5, 0.6) is 0 Å². The van der Waals surface area contributed by atoms with Crippen molar-refractivity contribution in [3.05, 3.63) is 0 Å². The molecule has 1 saturated heterocycles. The predicted octanol–water partition coefficient (Wildman–Crippen LogP) is 0.900. The Balaban J connectivity index is 1.99. The Hall–Kier alpha value is -0.550. The van der Waals surface area contributed by atoms with Gasteiger partial charge in [0.05, 0.1) is 12.0 Å². The summed E-state index contributed by atoms with van der Waals surface area (Å²) in [6.45, 7) is 2.25. The number of hydrogen-bond acceptors (Lipinski definition) is 2. The van der Waals surface area contributed by atoms with Gasteiger partial charge in [-0.25, -0.2) is 0 Å². The number of hydrogen-bond donors (Lipinski definition) is 1. The normalized spacial score (nSPS) is 35.3. The maximum Gasteiger partial charge on any atom is 0.0661 e. The standard InChI is InChI=1S/C8H12N2/c9-6-7-5-8(7)1-3-10-4-2-8/h7,10H,1-5H2/t7-/m0/s1.